The summed E-state index contributed by atoms with van der Waals surface area (Å²) in [6.45, 7) is 4.67. The molecule has 8 heteroatoms. The van der Waals surface area contributed by atoms with Crippen LogP contribution in [0.4, 0.5) is 0 Å². The molecule has 1 aliphatic rings. The molecule has 3 rings (SSSR count). The fourth-order valence-electron chi connectivity index (χ4n) is 3.19. The maximum atomic E-state index is 12.9. The van der Waals surface area contributed by atoms with E-state index in [9.17, 15) is 8.42 Å². The number of hydrogen-bond donors (Lipinski definition) is 1. The summed E-state index contributed by atoms with van der Waals surface area (Å²) >= 11 is 0. The van der Waals surface area contributed by atoms with E-state index < -0.39 is 16.1 Å². The molecule has 3 heterocycles. The number of imidazole rings is 1. The minimum atomic E-state index is -3.70. The molecule has 1 saturated heterocycles. The van der Waals surface area contributed by atoms with Gasteiger partial charge in [-0.1, -0.05) is 0 Å². The first kappa shape index (κ1) is 17.2. The van der Waals surface area contributed by atoms with E-state index in [0.29, 0.717) is 30.6 Å². The Morgan fingerprint density at radius 3 is 2.58 bits per heavy atom. The molecule has 2 aromatic rings. The van der Waals surface area contributed by atoms with E-state index in [0.717, 1.165) is 12.8 Å². The predicted octanol–water partition coefficient (Wildman–Crippen LogP) is 2.08. The third-order valence-electron chi connectivity index (χ3n) is 4.44. The number of nitrogens with one attached hydrogen (secondary N) is 1. The SMILES string of the molecule is Cc1cc(S(=O)(=O)NC(c2nccn2C)C2CCOCC2)c(C)o1. The molecule has 1 N–H and O–H groups in total. The second-order valence-electron chi connectivity index (χ2n) is 6.22. The van der Waals surface area contributed by atoms with E-state index in [1.807, 2.05) is 17.8 Å². The van der Waals surface area contributed by atoms with Gasteiger partial charge in [-0.25, -0.2) is 18.1 Å². The molecular formula is C16H23N3O4S. The van der Waals surface area contributed by atoms with E-state index in [4.69, 9.17) is 9.15 Å². The highest BCUT2D eigenvalue weighted by Crippen LogP contribution is 2.31. The lowest BCUT2D eigenvalue weighted by Gasteiger charge is -2.30. The fourth-order valence-corrected chi connectivity index (χ4v) is 4.69. The number of aryl methyl sites for hydroxylation is 3. The molecule has 1 unspecified atom stereocenters. The Kier molecular flexibility index (Phi) is 4.80. The molecule has 0 aliphatic carbocycles. The van der Waals surface area contributed by atoms with Crippen molar-refractivity contribution in [2.24, 2.45) is 13.0 Å². The molecule has 0 saturated carbocycles. The van der Waals surface area contributed by atoms with Gasteiger partial charge in [-0.05, 0) is 38.7 Å². The van der Waals surface area contributed by atoms with Crippen LogP contribution in [0.3, 0.4) is 0 Å². The molecule has 0 bridgehead atoms. The van der Waals surface area contributed by atoms with Crippen molar-refractivity contribution in [3.63, 3.8) is 0 Å². The van der Waals surface area contributed by atoms with Crippen LogP contribution in [0.15, 0.2) is 27.8 Å². The summed E-state index contributed by atoms with van der Waals surface area (Å²) in [6.07, 6.45) is 5.10. The van der Waals surface area contributed by atoms with E-state index >= 15 is 0 Å². The number of hydrogen-bond acceptors (Lipinski definition) is 5. The van der Waals surface area contributed by atoms with Gasteiger partial charge in [0.05, 0.1) is 6.04 Å². The molecule has 0 amide bonds. The van der Waals surface area contributed by atoms with Crippen molar-refractivity contribution in [1.29, 1.82) is 0 Å². The van der Waals surface area contributed by atoms with E-state index in [1.165, 1.54) is 0 Å². The van der Waals surface area contributed by atoms with Crippen LogP contribution in [0.5, 0.6) is 0 Å². The summed E-state index contributed by atoms with van der Waals surface area (Å²) in [7, 11) is -1.83. The highest BCUT2D eigenvalue weighted by atomic mass is 32.2. The Morgan fingerprint density at radius 2 is 2.04 bits per heavy atom. The van der Waals surface area contributed by atoms with Gasteiger partial charge in [-0.2, -0.15) is 0 Å². The maximum absolute atomic E-state index is 12.9. The number of sulfonamides is 1. The van der Waals surface area contributed by atoms with Crippen LogP contribution >= 0.6 is 0 Å². The smallest absolute Gasteiger partial charge is 0.244 e. The van der Waals surface area contributed by atoms with Crippen molar-refractivity contribution >= 4 is 10.0 Å². The molecule has 0 spiro atoms. The molecule has 1 aliphatic heterocycles. The number of rotatable bonds is 5. The molecule has 0 aromatic carbocycles. The highest BCUT2D eigenvalue weighted by Gasteiger charge is 2.33. The summed E-state index contributed by atoms with van der Waals surface area (Å²) in [6, 6.07) is 1.16. The van der Waals surface area contributed by atoms with Crippen LogP contribution in [0, 0.1) is 19.8 Å². The maximum Gasteiger partial charge on any atom is 0.244 e. The number of furan rings is 1. The van der Waals surface area contributed by atoms with Crippen LogP contribution in [-0.2, 0) is 21.8 Å². The first-order chi connectivity index (χ1) is 11.4. The number of nitrogens with zero attached hydrogens (tertiary/aromatic N) is 2. The quantitative estimate of drug-likeness (QED) is 0.889. The third-order valence-corrected chi connectivity index (χ3v) is 5.99. The Balaban J connectivity index is 1.94. The molecule has 1 atom stereocenters. The predicted molar refractivity (Wildman–Crippen MR) is 88.0 cm³/mol. The normalized spacial score (nSPS) is 18.0. The van der Waals surface area contributed by atoms with Gasteiger partial charge in [0.25, 0.3) is 0 Å². The molecule has 0 radical (unpaired) electrons. The first-order valence-electron chi connectivity index (χ1n) is 8.03. The lowest BCUT2D eigenvalue weighted by Crippen LogP contribution is -2.37. The van der Waals surface area contributed by atoms with Crippen molar-refractivity contribution in [2.45, 2.75) is 37.6 Å². The van der Waals surface area contributed by atoms with Crippen LogP contribution in [0.25, 0.3) is 0 Å². The van der Waals surface area contributed by atoms with Gasteiger partial charge >= 0.3 is 0 Å². The van der Waals surface area contributed by atoms with Gasteiger partial charge in [0.2, 0.25) is 10.0 Å². The summed E-state index contributed by atoms with van der Waals surface area (Å²) < 4.78 is 41.3. The van der Waals surface area contributed by atoms with Gasteiger partial charge in [0.1, 0.15) is 22.2 Å². The summed E-state index contributed by atoms with van der Waals surface area (Å²) in [5.41, 5.74) is 0. The Hall–Kier alpha value is -1.64. The second-order valence-corrected chi connectivity index (χ2v) is 7.90. The molecule has 24 heavy (non-hydrogen) atoms. The lowest BCUT2D eigenvalue weighted by atomic mass is 9.92. The van der Waals surface area contributed by atoms with Crippen molar-refractivity contribution in [1.82, 2.24) is 14.3 Å². The summed E-state index contributed by atoms with van der Waals surface area (Å²) in [4.78, 5) is 4.55. The molecule has 1 fully saturated rings. The van der Waals surface area contributed by atoms with Crippen LogP contribution in [-0.4, -0.2) is 31.2 Å². The average Bonchev–Trinajstić information content (AvgIpc) is 3.11. The topological polar surface area (TPSA) is 86.4 Å². The Bertz CT molecular complexity index is 803. The zero-order valence-electron chi connectivity index (χ0n) is 14.2. The van der Waals surface area contributed by atoms with E-state index in [2.05, 4.69) is 9.71 Å². The lowest BCUT2D eigenvalue weighted by molar-refractivity contribution is 0.0551. The van der Waals surface area contributed by atoms with Gasteiger partial charge < -0.3 is 13.7 Å². The largest absolute Gasteiger partial charge is 0.465 e. The zero-order valence-corrected chi connectivity index (χ0v) is 15.0. The molecule has 132 valence electrons. The van der Waals surface area contributed by atoms with Crippen molar-refractivity contribution in [2.75, 3.05) is 13.2 Å². The van der Waals surface area contributed by atoms with Crippen molar-refractivity contribution in [3.8, 4) is 0 Å². The second kappa shape index (κ2) is 6.70. The zero-order chi connectivity index (χ0) is 17.3. The molecule has 2 aromatic heterocycles. The van der Waals surface area contributed by atoms with E-state index in [1.54, 1.807) is 26.1 Å². The van der Waals surface area contributed by atoms with Crippen LogP contribution in [0.2, 0.25) is 0 Å². The Labute approximate surface area is 142 Å². The van der Waals surface area contributed by atoms with Crippen molar-refractivity contribution in [3.05, 3.63) is 35.8 Å². The van der Waals surface area contributed by atoms with E-state index in [-0.39, 0.29) is 10.8 Å². The standard InChI is InChI=1S/C16H23N3O4S/c1-11-10-14(12(2)23-11)24(20,21)18-15(13-4-8-22-9-5-13)16-17-6-7-19(16)3/h6-7,10,13,15,18H,4-5,8-9H2,1-3H3. The van der Waals surface area contributed by atoms with Gasteiger partial charge in [-0.15, -0.1) is 0 Å². The van der Waals surface area contributed by atoms with Gasteiger partial charge in [0.15, 0.2) is 0 Å². The first-order valence-corrected chi connectivity index (χ1v) is 9.51. The minimum absolute atomic E-state index is 0.142. The third kappa shape index (κ3) is 3.40. The van der Waals surface area contributed by atoms with Crippen molar-refractivity contribution < 1.29 is 17.6 Å². The Morgan fingerprint density at radius 1 is 1.33 bits per heavy atom. The van der Waals surface area contributed by atoms with Gasteiger partial charge in [0, 0.05) is 32.7 Å². The van der Waals surface area contributed by atoms with Crippen LogP contribution < -0.4 is 4.72 Å². The number of ether oxygens (including phenoxy) is 1. The average molecular weight is 353 g/mol. The molecular weight excluding hydrogens is 330 g/mol. The monoisotopic (exact) mass is 353 g/mol. The minimum Gasteiger partial charge on any atom is -0.465 e. The molecule has 7 nitrogen and oxygen atoms in total. The fraction of sp³-hybridized carbons (Fsp3) is 0.562. The summed E-state index contributed by atoms with van der Waals surface area (Å²) in [5, 5.41) is 0. The van der Waals surface area contributed by atoms with Crippen LogP contribution in [0.1, 0.15) is 36.2 Å². The van der Waals surface area contributed by atoms with Gasteiger partial charge in [-0.3, -0.25) is 0 Å². The number of aromatic nitrogens is 2. The summed E-state index contributed by atoms with van der Waals surface area (Å²) in [5.74, 6) is 1.82. The highest BCUT2D eigenvalue weighted by molar-refractivity contribution is 7.89.